The van der Waals surface area contributed by atoms with Crippen molar-refractivity contribution in [2.75, 3.05) is 7.05 Å². The van der Waals surface area contributed by atoms with E-state index in [4.69, 9.17) is 0 Å². The molecule has 1 aromatic carbocycles. The summed E-state index contributed by atoms with van der Waals surface area (Å²) < 4.78 is 24.3. The lowest BCUT2D eigenvalue weighted by Gasteiger charge is -2.24. The molecule has 0 N–H and O–H groups in total. The second kappa shape index (κ2) is 4.87. The zero-order chi connectivity index (χ0) is 11.4. The van der Waals surface area contributed by atoms with Crippen LogP contribution in [0.5, 0.6) is 0 Å². The lowest BCUT2D eigenvalue weighted by molar-refractivity contribution is -0.143. The van der Waals surface area contributed by atoms with Crippen molar-refractivity contribution >= 4 is 5.91 Å². The Hall–Kier alpha value is -1.45. The Balaban J connectivity index is 2.77. The van der Waals surface area contributed by atoms with Gasteiger partial charge >= 0.3 is 6.43 Å². The molecule has 0 heterocycles. The maximum absolute atomic E-state index is 12.2. The molecule has 0 bridgehead atoms. The molecule has 0 saturated heterocycles. The van der Waals surface area contributed by atoms with Crippen LogP contribution in [0.1, 0.15) is 18.5 Å². The van der Waals surface area contributed by atoms with E-state index in [2.05, 4.69) is 0 Å². The fourth-order valence-electron chi connectivity index (χ4n) is 1.30. The summed E-state index contributed by atoms with van der Waals surface area (Å²) in [6.45, 7) is 1.72. The molecule has 1 unspecified atom stereocenters. The Bertz CT molecular complexity index is 327. The first kappa shape index (κ1) is 11.6. The van der Waals surface area contributed by atoms with E-state index in [0.717, 1.165) is 10.5 Å². The number of alkyl halides is 2. The highest BCUT2D eigenvalue weighted by atomic mass is 19.3. The Morgan fingerprint density at radius 1 is 1.27 bits per heavy atom. The van der Waals surface area contributed by atoms with E-state index >= 15 is 0 Å². The third-order valence-corrected chi connectivity index (χ3v) is 2.40. The van der Waals surface area contributed by atoms with Crippen LogP contribution in [0, 0.1) is 0 Å². The third-order valence-electron chi connectivity index (χ3n) is 2.40. The standard InChI is InChI=1S/C11H13F2NO/c1-8(9-6-4-3-5-7-9)14(2)11(15)10(12)13/h3-8,10H,1-2H3. The number of nitrogens with zero attached hydrogens (tertiary/aromatic N) is 1. The predicted molar refractivity (Wildman–Crippen MR) is 53.6 cm³/mol. The molecule has 2 nitrogen and oxygen atoms in total. The van der Waals surface area contributed by atoms with Crippen molar-refractivity contribution in [2.45, 2.75) is 19.4 Å². The second-order valence-corrected chi connectivity index (χ2v) is 3.34. The van der Waals surface area contributed by atoms with Gasteiger partial charge in [-0.05, 0) is 12.5 Å². The third kappa shape index (κ3) is 2.75. The van der Waals surface area contributed by atoms with Crippen molar-refractivity contribution < 1.29 is 13.6 Å². The molecule has 0 aliphatic carbocycles. The highest BCUT2D eigenvalue weighted by Gasteiger charge is 2.24. The fraction of sp³-hybridized carbons (Fsp3) is 0.364. The monoisotopic (exact) mass is 213 g/mol. The molecule has 0 aromatic heterocycles. The Kier molecular flexibility index (Phi) is 3.77. The molecule has 0 spiro atoms. The van der Waals surface area contributed by atoms with E-state index in [1.54, 1.807) is 19.1 Å². The van der Waals surface area contributed by atoms with Crippen molar-refractivity contribution in [1.29, 1.82) is 0 Å². The van der Waals surface area contributed by atoms with E-state index < -0.39 is 12.3 Å². The summed E-state index contributed by atoms with van der Waals surface area (Å²) in [6, 6.07) is 8.73. The summed E-state index contributed by atoms with van der Waals surface area (Å²) in [5.41, 5.74) is 0.842. The Morgan fingerprint density at radius 3 is 2.27 bits per heavy atom. The van der Waals surface area contributed by atoms with E-state index in [0.29, 0.717) is 0 Å². The summed E-state index contributed by atoms with van der Waals surface area (Å²) in [6.07, 6.45) is -2.94. The minimum absolute atomic E-state index is 0.340. The van der Waals surface area contributed by atoms with E-state index in [9.17, 15) is 13.6 Å². The van der Waals surface area contributed by atoms with Crippen LogP contribution in [0.25, 0.3) is 0 Å². The van der Waals surface area contributed by atoms with Crippen LogP contribution >= 0.6 is 0 Å². The minimum atomic E-state index is -2.94. The van der Waals surface area contributed by atoms with Crippen LogP contribution in [0.2, 0.25) is 0 Å². The molecule has 0 saturated carbocycles. The maximum atomic E-state index is 12.2. The summed E-state index contributed by atoms with van der Waals surface area (Å²) in [7, 11) is 1.38. The normalized spacial score (nSPS) is 12.6. The molecule has 0 aliphatic heterocycles. The average Bonchev–Trinajstić information content (AvgIpc) is 2.27. The van der Waals surface area contributed by atoms with Crippen molar-refractivity contribution in [2.24, 2.45) is 0 Å². The van der Waals surface area contributed by atoms with Crippen LogP contribution in [0.3, 0.4) is 0 Å². The first-order valence-corrected chi connectivity index (χ1v) is 4.63. The van der Waals surface area contributed by atoms with Crippen LogP contribution in [0.15, 0.2) is 30.3 Å². The second-order valence-electron chi connectivity index (χ2n) is 3.34. The first-order chi connectivity index (χ1) is 7.04. The number of hydrogen-bond acceptors (Lipinski definition) is 1. The van der Waals surface area contributed by atoms with Crippen LogP contribution in [-0.4, -0.2) is 24.3 Å². The van der Waals surface area contributed by atoms with Gasteiger partial charge in [0.15, 0.2) is 0 Å². The maximum Gasteiger partial charge on any atom is 0.315 e. The molecular formula is C11H13F2NO. The zero-order valence-corrected chi connectivity index (χ0v) is 8.65. The molecule has 1 rings (SSSR count). The number of amides is 1. The number of hydrogen-bond donors (Lipinski definition) is 0. The molecule has 4 heteroatoms. The van der Waals surface area contributed by atoms with Gasteiger partial charge in [-0.15, -0.1) is 0 Å². The minimum Gasteiger partial charge on any atom is -0.334 e. The largest absolute Gasteiger partial charge is 0.334 e. The quantitative estimate of drug-likeness (QED) is 0.755. The molecule has 0 radical (unpaired) electrons. The smallest absolute Gasteiger partial charge is 0.315 e. The first-order valence-electron chi connectivity index (χ1n) is 4.63. The zero-order valence-electron chi connectivity index (χ0n) is 8.65. The van der Waals surface area contributed by atoms with Gasteiger partial charge in [0.25, 0.3) is 5.91 Å². The summed E-state index contributed by atoms with van der Waals surface area (Å²) in [4.78, 5) is 12.1. The van der Waals surface area contributed by atoms with Gasteiger partial charge in [-0.25, -0.2) is 0 Å². The number of carbonyl (C=O) groups is 1. The van der Waals surface area contributed by atoms with Crippen molar-refractivity contribution in [3.63, 3.8) is 0 Å². The van der Waals surface area contributed by atoms with Crippen LogP contribution < -0.4 is 0 Å². The van der Waals surface area contributed by atoms with Gasteiger partial charge < -0.3 is 4.90 Å². The van der Waals surface area contributed by atoms with Crippen molar-refractivity contribution in [3.8, 4) is 0 Å². The Morgan fingerprint density at radius 2 is 1.80 bits per heavy atom. The Labute approximate surface area is 87.5 Å². The van der Waals surface area contributed by atoms with E-state index in [-0.39, 0.29) is 6.04 Å². The summed E-state index contributed by atoms with van der Waals surface area (Å²) >= 11 is 0. The lowest BCUT2D eigenvalue weighted by Crippen LogP contribution is -2.34. The van der Waals surface area contributed by atoms with Gasteiger partial charge in [-0.2, -0.15) is 8.78 Å². The SMILES string of the molecule is CC(c1ccccc1)N(C)C(=O)C(F)F. The van der Waals surface area contributed by atoms with Crippen molar-refractivity contribution in [3.05, 3.63) is 35.9 Å². The summed E-state index contributed by atoms with van der Waals surface area (Å²) in [5.74, 6) is -1.15. The molecule has 15 heavy (non-hydrogen) atoms. The van der Waals surface area contributed by atoms with E-state index in [1.165, 1.54) is 7.05 Å². The van der Waals surface area contributed by atoms with Gasteiger partial charge in [0, 0.05) is 7.05 Å². The molecule has 0 aliphatic rings. The molecule has 1 atom stereocenters. The average molecular weight is 213 g/mol. The summed E-state index contributed by atoms with van der Waals surface area (Å²) in [5, 5.41) is 0. The van der Waals surface area contributed by atoms with Crippen molar-refractivity contribution in [1.82, 2.24) is 4.90 Å². The highest BCUT2D eigenvalue weighted by Crippen LogP contribution is 2.19. The molecule has 82 valence electrons. The van der Waals surface area contributed by atoms with Gasteiger partial charge in [-0.3, -0.25) is 4.79 Å². The topological polar surface area (TPSA) is 20.3 Å². The predicted octanol–water partition coefficient (Wildman–Crippen LogP) is 2.47. The number of benzene rings is 1. The number of halogens is 2. The van der Waals surface area contributed by atoms with Crippen LogP contribution in [0.4, 0.5) is 8.78 Å². The number of carbonyl (C=O) groups excluding carboxylic acids is 1. The van der Waals surface area contributed by atoms with Gasteiger partial charge in [0.05, 0.1) is 6.04 Å². The molecule has 0 fully saturated rings. The van der Waals surface area contributed by atoms with Gasteiger partial charge in [0.1, 0.15) is 0 Å². The van der Waals surface area contributed by atoms with Gasteiger partial charge in [0.2, 0.25) is 0 Å². The van der Waals surface area contributed by atoms with Crippen LogP contribution in [-0.2, 0) is 4.79 Å². The molecule has 1 aromatic rings. The number of rotatable bonds is 3. The molecule has 1 amide bonds. The fourth-order valence-corrected chi connectivity index (χ4v) is 1.30. The molecular weight excluding hydrogens is 200 g/mol. The highest BCUT2D eigenvalue weighted by molar-refractivity contribution is 5.79. The van der Waals surface area contributed by atoms with Gasteiger partial charge in [-0.1, -0.05) is 30.3 Å². The lowest BCUT2D eigenvalue weighted by atomic mass is 10.1. The van der Waals surface area contributed by atoms with E-state index in [1.807, 2.05) is 18.2 Å².